The fourth-order valence-corrected chi connectivity index (χ4v) is 2.05. The van der Waals surface area contributed by atoms with Crippen molar-refractivity contribution in [1.82, 2.24) is 4.90 Å². The Labute approximate surface area is 124 Å². The molecule has 3 nitrogen and oxygen atoms in total. The number of anilines is 1. The van der Waals surface area contributed by atoms with E-state index in [9.17, 15) is 9.18 Å². The van der Waals surface area contributed by atoms with Gasteiger partial charge in [0.1, 0.15) is 5.82 Å². The first kappa shape index (κ1) is 15.2. The Hall–Kier alpha value is -2.20. The second-order valence-corrected chi connectivity index (χ2v) is 5.31. The Morgan fingerprint density at radius 3 is 2.57 bits per heavy atom. The van der Waals surface area contributed by atoms with Crippen molar-refractivity contribution in [2.24, 2.45) is 0 Å². The van der Waals surface area contributed by atoms with Crippen LogP contribution < -0.4 is 5.32 Å². The third-order valence-corrected chi connectivity index (χ3v) is 3.19. The number of benzene rings is 2. The van der Waals surface area contributed by atoms with Gasteiger partial charge >= 0.3 is 0 Å². The summed E-state index contributed by atoms with van der Waals surface area (Å²) in [7, 11) is 3.93. The molecule has 1 N–H and O–H groups in total. The van der Waals surface area contributed by atoms with Gasteiger partial charge in [0.25, 0.3) is 5.91 Å². The van der Waals surface area contributed by atoms with Crippen LogP contribution >= 0.6 is 0 Å². The van der Waals surface area contributed by atoms with Crippen LogP contribution in [0.1, 0.15) is 21.5 Å². The first-order chi connectivity index (χ1) is 9.97. The normalized spacial score (nSPS) is 10.7. The van der Waals surface area contributed by atoms with Crippen molar-refractivity contribution < 1.29 is 9.18 Å². The second kappa shape index (κ2) is 6.50. The van der Waals surface area contributed by atoms with E-state index in [2.05, 4.69) is 5.32 Å². The summed E-state index contributed by atoms with van der Waals surface area (Å²) in [6.07, 6.45) is 0. The summed E-state index contributed by atoms with van der Waals surface area (Å²) in [6.45, 7) is 2.39. The average Bonchev–Trinajstić information content (AvgIpc) is 2.43. The SMILES string of the molecule is Cc1ccc(C(=O)Nc2ccccc2CN(C)C)cc1F. The van der Waals surface area contributed by atoms with Gasteiger partial charge in [0.05, 0.1) is 0 Å². The third-order valence-electron chi connectivity index (χ3n) is 3.19. The maximum atomic E-state index is 13.5. The minimum absolute atomic E-state index is 0.305. The van der Waals surface area contributed by atoms with E-state index in [1.807, 2.05) is 43.3 Å². The lowest BCUT2D eigenvalue weighted by atomic mass is 10.1. The molecule has 0 saturated carbocycles. The molecule has 0 aromatic heterocycles. The van der Waals surface area contributed by atoms with E-state index in [1.54, 1.807) is 19.1 Å². The summed E-state index contributed by atoms with van der Waals surface area (Å²) in [6, 6.07) is 12.1. The third kappa shape index (κ3) is 3.89. The Kier molecular flexibility index (Phi) is 4.70. The highest BCUT2D eigenvalue weighted by Crippen LogP contribution is 2.18. The molecule has 0 fully saturated rings. The van der Waals surface area contributed by atoms with Crippen molar-refractivity contribution in [2.45, 2.75) is 13.5 Å². The maximum Gasteiger partial charge on any atom is 0.255 e. The van der Waals surface area contributed by atoms with Gasteiger partial charge in [-0.2, -0.15) is 0 Å². The molecule has 110 valence electrons. The summed E-state index contributed by atoms with van der Waals surface area (Å²) < 4.78 is 13.5. The standard InChI is InChI=1S/C17H19FN2O/c1-12-8-9-13(10-15(12)18)17(21)19-16-7-5-4-6-14(16)11-20(2)3/h4-10H,11H2,1-3H3,(H,19,21). The van der Waals surface area contributed by atoms with Crippen LogP contribution in [0.3, 0.4) is 0 Å². The lowest BCUT2D eigenvalue weighted by Crippen LogP contribution is -2.16. The largest absolute Gasteiger partial charge is 0.322 e. The number of para-hydroxylation sites is 1. The van der Waals surface area contributed by atoms with Crippen molar-refractivity contribution in [1.29, 1.82) is 0 Å². The van der Waals surface area contributed by atoms with Gasteiger partial charge in [-0.15, -0.1) is 0 Å². The summed E-state index contributed by atoms with van der Waals surface area (Å²) in [5, 5.41) is 2.85. The van der Waals surface area contributed by atoms with Crippen LogP contribution in [0.5, 0.6) is 0 Å². The summed E-state index contributed by atoms with van der Waals surface area (Å²) in [5.74, 6) is -0.677. The van der Waals surface area contributed by atoms with Crippen LogP contribution in [0.4, 0.5) is 10.1 Å². The molecule has 0 spiro atoms. The van der Waals surface area contributed by atoms with E-state index in [4.69, 9.17) is 0 Å². The Bertz CT molecular complexity index is 653. The van der Waals surface area contributed by atoms with E-state index < -0.39 is 0 Å². The molecule has 0 radical (unpaired) electrons. The number of amides is 1. The highest BCUT2D eigenvalue weighted by Gasteiger charge is 2.11. The molecule has 1 amide bonds. The summed E-state index contributed by atoms with van der Waals surface area (Å²) in [4.78, 5) is 14.2. The molecule has 0 aliphatic carbocycles. The number of aryl methyl sites for hydroxylation is 1. The van der Waals surface area contributed by atoms with Crippen LogP contribution in [-0.2, 0) is 6.54 Å². The smallest absolute Gasteiger partial charge is 0.255 e. The van der Waals surface area contributed by atoms with E-state index >= 15 is 0 Å². The number of nitrogens with one attached hydrogen (secondary N) is 1. The van der Waals surface area contributed by atoms with Crippen LogP contribution in [0.25, 0.3) is 0 Å². The minimum atomic E-state index is -0.371. The van der Waals surface area contributed by atoms with Crippen LogP contribution in [0.2, 0.25) is 0 Å². The monoisotopic (exact) mass is 286 g/mol. The molecule has 2 rings (SSSR count). The zero-order valence-corrected chi connectivity index (χ0v) is 12.5. The van der Waals surface area contributed by atoms with Crippen molar-refractivity contribution in [3.63, 3.8) is 0 Å². The number of carbonyl (C=O) groups excluding carboxylic acids is 1. The molecule has 0 atom stereocenters. The average molecular weight is 286 g/mol. The van der Waals surface area contributed by atoms with Gasteiger partial charge in [-0.1, -0.05) is 24.3 Å². The molecule has 21 heavy (non-hydrogen) atoms. The lowest BCUT2D eigenvalue weighted by molar-refractivity contribution is 0.102. The van der Waals surface area contributed by atoms with Gasteiger partial charge in [-0.05, 0) is 50.3 Å². The molecule has 2 aromatic carbocycles. The topological polar surface area (TPSA) is 32.3 Å². The van der Waals surface area contributed by atoms with Gasteiger partial charge < -0.3 is 10.2 Å². The van der Waals surface area contributed by atoms with Crippen molar-refractivity contribution in [3.05, 3.63) is 65.0 Å². The lowest BCUT2D eigenvalue weighted by Gasteiger charge is -2.15. The molecule has 4 heteroatoms. The summed E-state index contributed by atoms with van der Waals surface area (Å²) >= 11 is 0. The maximum absolute atomic E-state index is 13.5. The molecular weight excluding hydrogens is 267 g/mol. The summed E-state index contributed by atoms with van der Waals surface area (Å²) in [5.41, 5.74) is 2.61. The number of hydrogen-bond donors (Lipinski definition) is 1. The van der Waals surface area contributed by atoms with E-state index in [-0.39, 0.29) is 11.7 Å². The quantitative estimate of drug-likeness (QED) is 0.933. The van der Waals surface area contributed by atoms with Crippen molar-refractivity contribution in [3.8, 4) is 0 Å². The highest BCUT2D eigenvalue weighted by molar-refractivity contribution is 6.04. The van der Waals surface area contributed by atoms with E-state index in [1.165, 1.54) is 6.07 Å². The fraction of sp³-hybridized carbons (Fsp3) is 0.235. The van der Waals surface area contributed by atoms with Gasteiger partial charge in [0.2, 0.25) is 0 Å². The zero-order chi connectivity index (χ0) is 15.4. The number of nitrogens with zero attached hydrogens (tertiary/aromatic N) is 1. The molecule has 0 aliphatic heterocycles. The van der Waals surface area contributed by atoms with Crippen LogP contribution in [0.15, 0.2) is 42.5 Å². The fourth-order valence-electron chi connectivity index (χ4n) is 2.05. The predicted octanol–water partition coefficient (Wildman–Crippen LogP) is 3.45. The number of halogens is 1. The second-order valence-electron chi connectivity index (χ2n) is 5.31. The zero-order valence-electron chi connectivity index (χ0n) is 12.5. The molecule has 0 heterocycles. The number of rotatable bonds is 4. The van der Waals surface area contributed by atoms with Crippen LogP contribution in [-0.4, -0.2) is 24.9 Å². The Balaban J connectivity index is 2.21. The number of carbonyl (C=O) groups is 1. The van der Waals surface area contributed by atoms with E-state index in [0.29, 0.717) is 11.1 Å². The predicted molar refractivity (Wildman–Crippen MR) is 82.9 cm³/mol. The first-order valence-electron chi connectivity index (χ1n) is 6.77. The molecule has 0 unspecified atom stereocenters. The Morgan fingerprint density at radius 1 is 1.19 bits per heavy atom. The Morgan fingerprint density at radius 2 is 1.90 bits per heavy atom. The van der Waals surface area contributed by atoms with Crippen molar-refractivity contribution >= 4 is 11.6 Å². The first-order valence-corrected chi connectivity index (χ1v) is 6.77. The van der Waals surface area contributed by atoms with Gasteiger partial charge in [0.15, 0.2) is 0 Å². The minimum Gasteiger partial charge on any atom is -0.322 e. The van der Waals surface area contributed by atoms with E-state index in [0.717, 1.165) is 17.8 Å². The van der Waals surface area contributed by atoms with Gasteiger partial charge in [0, 0.05) is 17.8 Å². The molecular formula is C17H19FN2O. The van der Waals surface area contributed by atoms with Gasteiger partial charge in [-0.25, -0.2) is 4.39 Å². The van der Waals surface area contributed by atoms with Crippen LogP contribution in [0, 0.1) is 12.7 Å². The van der Waals surface area contributed by atoms with Crippen molar-refractivity contribution in [2.75, 3.05) is 19.4 Å². The molecule has 2 aromatic rings. The molecule has 0 bridgehead atoms. The highest BCUT2D eigenvalue weighted by atomic mass is 19.1. The molecule has 0 saturated heterocycles. The molecule has 0 aliphatic rings. The van der Waals surface area contributed by atoms with Gasteiger partial charge in [-0.3, -0.25) is 4.79 Å². The number of hydrogen-bond acceptors (Lipinski definition) is 2.